The summed E-state index contributed by atoms with van der Waals surface area (Å²) in [7, 11) is -3.41. The number of nitrogens with zero attached hydrogens (tertiary/aromatic N) is 1. The maximum Gasteiger partial charge on any atom is 0.260 e. The van der Waals surface area contributed by atoms with Crippen molar-refractivity contribution in [2.24, 2.45) is 0 Å². The van der Waals surface area contributed by atoms with E-state index in [9.17, 15) is 13.2 Å². The van der Waals surface area contributed by atoms with Crippen LogP contribution in [0.5, 0.6) is 5.75 Å². The molecule has 5 aliphatic rings. The molecule has 182 valence electrons. The molecule has 1 unspecified atom stereocenters. The molecule has 1 aromatic rings. The van der Waals surface area contributed by atoms with Gasteiger partial charge in [0.15, 0.2) is 6.61 Å². The van der Waals surface area contributed by atoms with Crippen molar-refractivity contribution < 1.29 is 22.7 Å². The third-order valence-electron chi connectivity index (χ3n) is 8.04. The summed E-state index contributed by atoms with van der Waals surface area (Å²) in [5.41, 5.74) is 1.18. The molecule has 6 rings (SSSR count). The van der Waals surface area contributed by atoms with Gasteiger partial charge in [-0.15, -0.1) is 0 Å². The topological polar surface area (TPSA) is 84.9 Å². The van der Waals surface area contributed by atoms with Crippen LogP contribution in [0.2, 0.25) is 0 Å². The molecule has 0 aromatic heterocycles. The lowest BCUT2D eigenvalue weighted by atomic mass is 9.82. The van der Waals surface area contributed by atoms with Gasteiger partial charge in [-0.2, -0.15) is 0 Å². The second-order valence-corrected chi connectivity index (χ2v) is 12.1. The highest BCUT2D eigenvalue weighted by Gasteiger charge is 2.40. The van der Waals surface area contributed by atoms with E-state index in [1.165, 1.54) is 5.56 Å². The number of piperidine rings is 1. The Kier molecular flexibility index (Phi) is 6.95. The van der Waals surface area contributed by atoms with Crippen LogP contribution in [-0.2, 0) is 19.6 Å². The Labute approximate surface area is 197 Å². The third kappa shape index (κ3) is 5.08. The molecule has 8 heteroatoms. The molecule has 1 amide bonds. The third-order valence-corrected chi connectivity index (χ3v) is 10.0. The molecule has 1 aromatic carbocycles. The fourth-order valence-electron chi connectivity index (χ4n) is 6.16. The maximum atomic E-state index is 13.3. The summed E-state index contributed by atoms with van der Waals surface area (Å²) in [6.07, 6.45) is 9.03. The second kappa shape index (κ2) is 9.92. The van der Waals surface area contributed by atoms with Gasteiger partial charge >= 0.3 is 0 Å². The van der Waals surface area contributed by atoms with Crippen LogP contribution in [0.3, 0.4) is 0 Å². The summed E-state index contributed by atoms with van der Waals surface area (Å²) in [6, 6.07) is 7.43. The lowest BCUT2D eigenvalue weighted by Crippen LogP contribution is -2.60. The summed E-state index contributed by atoms with van der Waals surface area (Å²) in [5.74, 6) is 1.11. The van der Waals surface area contributed by atoms with Gasteiger partial charge in [0.05, 0.1) is 24.0 Å². The molecular weight excluding hydrogens is 440 g/mol. The number of hydrogen-bond acceptors (Lipinski definition) is 5. The van der Waals surface area contributed by atoms with E-state index in [-0.39, 0.29) is 36.0 Å². The van der Waals surface area contributed by atoms with E-state index in [1.54, 1.807) is 4.90 Å². The van der Waals surface area contributed by atoms with Crippen LogP contribution < -0.4 is 9.46 Å². The average molecular weight is 477 g/mol. The molecule has 0 radical (unpaired) electrons. The van der Waals surface area contributed by atoms with Gasteiger partial charge in [-0.25, -0.2) is 13.1 Å². The quantitative estimate of drug-likeness (QED) is 0.723. The van der Waals surface area contributed by atoms with Gasteiger partial charge in [-0.3, -0.25) is 4.79 Å². The van der Waals surface area contributed by atoms with Crippen molar-refractivity contribution >= 4 is 15.9 Å². The number of ether oxygens (including phenoxy) is 2. The molecule has 2 bridgehead atoms. The molecule has 3 heterocycles. The van der Waals surface area contributed by atoms with Crippen LogP contribution >= 0.6 is 0 Å². The van der Waals surface area contributed by atoms with Gasteiger partial charge in [0.2, 0.25) is 10.0 Å². The first-order chi connectivity index (χ1) is 16.0. The van der Waals surface area contributed by atoms with Gasteiger partial charge < -0.3 is 14.4 Å². The summed E-state index contributed by atoms with van der Waals surface area (Å²) in [6.45, 7) is 0.935. The number of carbonyl (C=O) groups is 1. The maximum absolute atomic E-state index is 13.3. The summed E-state index contributed by atoms with van der Waals surface area (Å²) >= 11 is 0. The van der Waals surface area contributed by atoms with Gasteiger partial charge in [0.25, 0.3) is 5.91 Å². The predicted octanol–water partition coefficient (Wildman–Crippen LogP) is 3.34. The van der Waals surface area contributed by atoms with Gasteiger partial charge in [0, 0.05) is 12.6 Å². The fraction of sp³-hybridized carbons (Fsp3) is 0.720. The smallest absolute Gasteiger partial charge is 0.260 e. The first-order valence-corrected chi connectivity index (χ1v) is 14.2. The molecule has 7 nitrogen and oxygen atoms in total. The van der Waals surface area contributed by atoms with Crippen LogP contribution in [0.4, 0.5) is 0 Å². The summed E-state index contributed by atoms with van der Waals surface area (Å²) in [4.78, 5) is 15.1. The Morgan fingerprint density at radius 2 is 1.70 bits per heavy atom. The Hall–Kier alpha value is -1.64. The monoisotopic (exact) mass is 476 g/mol. The highest BCUT2D eigenvalue weighted by Crippen LogP contribution is 2.39. The van der Waals surface area contributed by atoms with Crippen molar-refractivity contribution in [2.45, 2.75) is 93.6 Å². The zero-order valence-corrected chi connectivity index (χ0v) is 20.1. The van der Waals surface area contributed by atoms with Crippen molar-refractivity contribution in [3.63, 3.8) is 0 Å². The largest absolute Gasteiger partial charge is 0.483 e. The number of amides is 1. The van der Waals surface area contributed by atoms with Gasteiger partial charge in [-0.05, 0) is 68.9 Å². The standard InChI is InChI=1S/C25H36N2O5S/c28-25-17-32-24-10-4-3-8-21(24)18-11-13-19(14-12-18)31-16-23-22(9-5-15-27(23)25)26-33(29,30)20-6-1-2-7-20/h3-4,8,10,18-20,22-23,26H,1-2,5-7,9,11-17H2/t18?,19?,22?,23-/m0/s1. The lowest BCUT2D eigenvalue weighted by Gasteiger charge is -2.42. The number of fused-ring (bicyclic) bond motifs is 5. The van der Waals surface area contributed by atoms with E-state index >= 15 is 0 Å². The van der Waals surface area contributed by atoms with Crippen LogP contribution in [-0.4, -0.2) is 62.4 Å². The van der Waals surface area contributed by atoms with Crippen molar-refractivity contribution in [1.29, 1.82) is 0 Å². The van der Waals surface area contributed by atoms with E-state index in [0.717, 1.165) is 70.0 Å². The lowest BCUT2D eigenvalue weighted by molar-refractivity contribution is -0.140. The predicted molar refractivity (Wildman–Crippen MR) is 126 cm³/mol. The fourth-order valence-corrected chi connectivity index (χ4v) is 8.01. The Morgan fingerprint density at radius 3 is 2.48 bits per heavy atom. The number of carbonyl (C=O) groups excluding carboxylic acids is 1. The molecular formula is C25H36N2O5S. The number of para-hydroxylation sites is 1. The number of hydrogen-bond donors (Lipinski definition) is 1. The summed E-state index contributed by atoms with van der Waals surface area (Å²) < 4.78 is 41.5. The Bertz CT molecular complexity index is 938. The van der Waals surface area contributed by atoms with Crippen molar-refractivity contribution in [3.05, 3.63) is 29.8 Å². The molecule has 1 N–H and O–H groups in total. The normalized spacial score (nSPS) is 31.6. The van der Waals surface area contributed by atoms with Crippen molar-refractivity contribution in [3.8, 4) is 5.75 Å². The van der Waals surface area contributed by atoms with E-state index in [2.05, 4.69) is 10.8 Å². The first kappa shape index (κ1) is 23.1. The highest BCUT2D eigenvalue weighted by atomic mass is 32.2. The minimum absolute atomic E-state index is 0.0360. The van der Waals surface area contributed by atoms with Crippen LogP contribution in [0.25, 0.3) is 0 Å². The first-order valence-electron chi connectivity index (χ1n) is 12.7. The SMILES string of the molecule is O=C1COc2ccccc2C2CCC(CC2)OC[C@H]2C(NS(=O)(=O)C3CCCC3)CCCN12. The number of nitrogens with one attached hydrogen (secondary N) is 1. The minimum Gasteiger partial charge on any atom is -0.483 e. The number of sulfonamides is 1. The van der Waals surface area contributed by atoms with Crippen LogP contribution in [0.15, 0.2) is 24.3 Å². The Morgan fingerprint density at radius 1 is 0.939 bits per heavy atom. The zero-order chi connectivity index (χ0) is 22.8. The molecule has 33 heavy (non-hydrogen) atoms. The second-order valence-electron chi connectivity index (χ2n) is 10.1. The molecule has 1 saturated heterocycles. The highest BCUT2D eigenvalue weighted by molar-refractivity contribution is 7.90. The van der Waals surface area contributed by atoms with Crippen LogP contribution in [0.1, 0.15) is 75.7 Å². The molecule has 3 fully saturated rings. The summed E-state index contributed by atoms with van der Waals surface area (Å²) in [5, 5.41) is -0.311. The van der Waals surface area contributed by atoms with Crippen LogP contribution in [0, 0.1) is 0 Å². The van der Waals surface area contributed by atoms with Gasteiger partial charge in [-0.1, -0.05) is 31.0 Å². The molecule has 2 saturated carbocycles. The molecule has 2 aliphatic carbocycles. The number of rotatable bonds is 3. The number of benzene rings is 1. The van der Waals surface area contributed by atoms with E-state index in [1.807, 2.05) is 18.2 Å². The molecule has 2 atom stereocenters. The van der Waals surface area contributed by atoms with Crippen molar-refractivity contribution in [1.82, 2.24) is 9.62 Å². The van der Waals surface area contributed by atoms with E-state index < -0.39 is 10.0 Å². The molecule has 0 spiro atoms. The van der Waals surface area contributed by atoms with Gasteiger partial charge in [0.1, 0.15) is 5.75 Å². The minimum atomic E-state index is -3.41. The van der Waals surface area contributed by atoms with Crippen molar-refractivity contribution in [2.75, 3.05) is 19.8 Å². The zero-order valence-electron chi connectivity index (χ0n) is 19.3. The van der Waals surface area contributed by atoms with E-state index in [0.29, 0.717) is 19.1 Å². The average Bonchev–Trinajstić information content (AvgIpc) is 3.38. The Balaban J connectivity index is 1.38. The van der Waals surface area contributed by atoms with E-state index in [4.69, 9.17) is 9.47 Å². The molecule has 3 aliphatic heterocycles.